The van der Waals surface area contributed by atoms with Gasteiger partial charge in [0.15, 0.2) is 5.76 Å². The number of hydrogen-bond donors (Lipinski definition) is 1. The number of carbonyl (C=O) groups is 1. The van der Waals surface area contributed by atoms with Crippen LogP contribution in [0, 0.1) is 0 Å². The van der Waals surface area contributed by atoms with Crippen LogP contribution in [0.15, 0.2) is 40.8 Å². The molecule has 4 nitrogen and oxygen atoms in total. The Kier molecular flexibility index (Phi) is 3.32. The molecule has 0 aliphatic carbocycles. The molecule has 1 atom stereocenters. The van der Waals surface area contributed by atoms with Gasteiger partial charge >= 0.3 is 0 Å². The Balaban J connectivity index is 1.95. The van der Waals surface area contributed by atoms with Crippen molar-refractivity contribution >= 4 is 11.6 Å². The largest absolute Gasteiger partial charge is 0.456 e. The van der Waals surface area contributed by atoms with E-state index in [9.17, 15) is 4.79 Å². The summed E-state index contributed by atoms with van der Waals surface area (Å²) in [6, 6.07) is 11.5. The molecule has 1 aromatic heterocycles. The number of amides is 1. The lowest BCUT2D eigenvalue weighted by Crippen LogP contribution is -2.46. The lowest BCUT2D eigenvalue weighted by molar-refractivity contribution is 0.0955. The van der Waals surface area contributed by atoms with Crippen molar-refractivity contribution in [3.05, 3.63) is 53.5 Å². The Bertz CT molecular complexity index is 633. The first kappa shape index (κ1) is 12.9. The highest BCUT2D eigenvalue weighted by atomic mass is 16.4. The predicted molar refractivity (Wildman–Crippen MR) is 77.9 cm³/mol. The van der Waals surface area contributed by atoms with Crippen molar-refractivity contribution in [1.82, 2.24) is 0 Å². The van der Waals surface area contributed by atoms with E-state index in [-0.39, 0.29) is 11.9 Å². The van der Waals surface area contributed by atoms with Crippen LogP contribution in [0.4, 0.5) is 5.69 Å². The van der Waals surface area contributed by atoms with E-state index in [1.54, 1.807) is 11.0 Å². The van der Waals surface area contributed by atoms with Crippen LogP contribution >= 0.6 is 0 Å². The van der Waals surface area contributed by atoms with Crippen LogP contribution < -0.4 is 10.6 Å². The molecule has 1 unspecified atom stereocenters. The number of fused-ring (bicyclic) bond motifs is 1. The third-order valence-electron chi connectivity index (χ3n) is 3.65. The summed E-state index contributed by atoms with van der Waals surface area (Å²) in [7, 11) is 0. The number of para-hydroxylation sites is 1. The third kappa shape index (κ3) is 2.23. The average molecular weight is 270 g/mol. The SMILES string of the molecule is CCc1ccc(C(=O)N2CC(N)Cc3ccccc32)o1. The summed E-state index contributed by atoms with van der Waals surface area (Å²) in [6.45, 7) is 2.53. The molecule has 0 spiro atoms. The van der Waals surface area contributed by atoms with Crippen LogP contribution in [-0.4, -0.2) is 18.5 Å². The summed E-state index contributed by atoms with van der Waals surface area (Å²) in [5.74, 6) is 1.08. The van der Waals surface area contributed by atoms with Gasteiger partial charge in [0.05, 0.1) is 0 Å². The van der Waals surface area contributed by atoms with Gasteiger partial charge in [-0.25, -0.2) is 0 Å². The Labute approximate surface area is 118 Å². The number of aryl methyl sites for hydroxylation is 1. The Morgan fingerprint density at radius 2 is 2.15 bits per heavy atom. The fraction of sp³-hybridized carbons (Fsp3) is 0.312. The summed E-state index contributed by atoms with van der Waals surface area (Å²) in [5.41, 5.74) is 8.11. The molecule has 104 valence electrons. The molecular formula is C16H18N2O2. The van der Waals surface area contributed by atoms with Crippen molar-refractivity contribution < 1.29 is 9.21 Å². The highest BCUT2D eigenvalue weighted by Crippen LogP contribution is 2.28. The van der Waals surface area contributed by atoms with Gasteiger partial charge in [0.2, 0.25) is 0 Å². The molecule has 1 aromatic carbocycles. The van der Waals surface area contributed by atoms with Gasteiger partial charge in [0, 0.05) is 24.7 Å². The van der Waals surface area contributed by atoms with Crippen LogP contribution in [0.3, 0.4) is 0 Å². The molecule has 0 fully saturated rings. The molecule has 0 saturated carbocycles. The first-order chi connectivity index (χ1) is 9.69. The van der Waals surface area contributed by atoms with Gasteiger partial charge in [-0.05, 0) is 30.2 Å². The zero-order valence-corrected chi connectivity index (χ0v) is 11.5. The van der Waals surface area contributed by atoms with Crippen LogP contribution in [0.2, 0.25) is 0 Å². The standard InChI is InChI=1S/C16H18N2O2/c1-2-13-7-8-15(20-13)16(19)18-10-12(17)9-11-5-3-4-6-14(11)18/h3-8,12H,2,9-10,17H2,1H3. The second-order valence-corrected chi connectivity index (χ2v) is 5.13. The fourth-order valence-electron chi connectivity index (χ4n) is 2.63. The lowest BCUT2D eigenvalue weighted by Gasteiger charge is -2.32. The molecule has 2 N–H and O–H groups in total. The normalized spacial score (nSPS) is 17.9. The Morgan fingerprint density at radius 1 is 1.35 bits per heavy atom. The minimum atomic E-state index is -0.118. The minimum absolute atomic E-state index is 0.0329. The number of nitrogens with two attached hydrogens (primary N) is 1. The monoisotopic (exact) mass is 270 g/mol. The number of hydrogen-bond acceptors (Lipinski definition) is 3. The molecule has 1 aliphatic heterocycles. The lowest BCUT2D eigenvalue weighted by atomic mass is 9.98. The molecule has 0 radical (unpaired) electrons. The maximum absolute atomic E-state index is 12.6. The van der Waals surface area contributed by atoms with E-state index in [1.165, 1.54) is 0 Å². The van der Waals surface area contributed by atoms with Crippen molar-refractivity contribution in [3.63, 3.8) is 0 Å². The zero-order valence-electron chi connectivity index (χ0n) is 11.5. The smallest absolute Gasteiger partial charge is 0.294 e. The van der Waals surface area contributed by atoms with E-state index >= 15 is 0 Å². The van der Waals surface area contributed by atoms with Crippen molar-refractivity contribution in [3.8, 4) is 0 Å². The van der Waals surface area contributed by atoms with E-state index < -0.39 is 0 Å². The van der Waals surface area contributed by atoms with Gasteiger partial charge in [-0.3, -0.25) is 4.79 Å². The van der Waals surface area contributed by atoms with E-state index in [0.717, 1.165) is 29.9 Å². The number of carbonyl (C=O) groups excluding carboxylic acids is 1. The van der Waals surface area contributed by atoms with E-state index in [4.69, 9.17) is 10.2 Å². The molecule has 0 saturated heterocycles. The first-order valence-corrected chi connectivity index (χ1v) is 6.93. The van der Waals surface area contributed by atoms with Gasteiger partial charge in [-0.1, -0.05) is 25.1 Å². The van der Waals surface area contributed by atoms with Crippen molar-refractivity contribution in [2.45, 2.75) is 25.8 Å². The zero-order chi connectivity index (χ0) is 14.1. The van der Waals surface area contributed by atoms with Crippen LogP contribution in [-0.2, 0) is 12.8 Å². The number of rotatable bonds is 2. The summed E-state index contributed by atoms with van der Waals surface area (Å²) in [6.07, 6.45) is 1.59. The fourth-order valence-corrected chi connectivity index (χ4v) is 2.63. The molecule has 3 rings (SSSR count). The Hall–Kier alpha value is -2.07. The second kappa shape index (κ2) is 5.13. The Morgan fingerprint density at radius 3 is 2.90 bits per heavy atom. The van der Waals surface area contributed by atoms with Crippen LogP contribution in [0.5, 0.6) is 0 Å². The summed E-state index contributed by atoms with van der Waals surface area (Å²) in [5, 5.41) is 0. The summed E-state index contributed by atoms with van der Waals surface area (Å²) < 4.78 is 5.57. The molecule has 1 aliphatic rings. The van der Waals surface area contributed by atoms with Gasteiger partial charge in [0.25, 0.3) is 5.91 Å². The summed E-state index contributed by atoms with van der Waals surface area (Å²) >= 11 is 0. The van der Waals surface area contributed by atoms with Crippen LogP contribution in [0.25, 0.3) is 0 Å². The van der Waals surface area contributed by atoms with Gasteiger partial charge in [-0.2, -0.15) is 0 Å². The van der Waals surface area contributed by atoms with E-state index in [2.05, 4.69) is 0 Å². The van der Waals surface area contributed by atoms with Gasteiger partial charge in [0.1, 0.15) is 5.76 Å². The summed E-state index contributed by atoms with van der Waals surface area (Å²) in [4.78, 5) is 14.3. The number of furan rings is 1. The third-order valence-corrected chi connectivity index (χ3v) is 3.65. The quantitative estimate of drug-likeness (QED) is 0.911. The average Bonchev–Trinajstić information content (AvgIpc) is 2.94. The molecule has 0 bridgehead atoms. The van der Waals surface area contributed by atoms with Gasteiger partial charge < -0.3 is 15.1 Å². The number of benzene rings is 1. The van der Waals surface area contributed by atoms with Crippen molar-refractivity contribution in [2.75, 3.05) is 11.4 Å². The number of anilines is 1. The van der Waals surface area contributed by atoms with Crippen molar-refractivity contribution in [1.29, 1.82) is 0 Å². The van der Waals surface area contributed by atoms with Gasteiger partial charge in [-0.15, -0.1) is 0 Å². The molecule has 2 aromatic rings. The molecule has 2 heterocycles. The predicted octanol–water partition coefficient (Wildman–Crippen LogP) is 2.37. The molecule has 4 heteroatoms. The van der Waals surface area contributed by atoms with Crippen LogP contribution in [0.1, 0.15) is 28.8 Å². The topological polar surface area (TPSA) is 59.5 Å². The second-order valence-electron chi connectivity index (χ2n) is 5.13. The van der Waals surface area contributed by atoms with E-state index in [1.807, 2.05) is 37.3 Å². The molecule has 20 heavy (non-hydrogen) atoms. The van der Waals surface area contributed by atoms with Crippen molar-refractivity contribution in [2.24, 2.45) is 5.73 Å². The van der Waals surface area contributed by atoms with E-state index in [0.29, 0.717) is 12.3 Å². The minimum Gasteiger partial charge on any atom is -0.456 e. The maximum Gasteiger partial charge on any atom is 0.294 e. The first-order valence-electron chi connectivity index (χ1n) is 6.93. The maximum atomic E-state index is 12.6. The highest BCUT2D eigenvalue weighted by Gasteiger charge is 2.28. The highest BCUT2D eigenvalue weighted by molar-refractivity contribution is 6.05. The number of nitrogens with zero attached hydrogens (tertiary/aromatic N) is 1. The molecule has 1 amide bonds. The molecular weight excluding hydrogens is 252 g/mol.